The largest absolute Gasteiger partial charge is 0.493 e. The van der Waals surface area contributed by atoms with Crippen LogP contribution >= 0.6 is 0 Å². The van der Waals surface area contributed by atoms with Gasteiger partial charge in [0.1, 0.15) is 0 Å². The van der Waals surface area contributed by atoms with Crippen molar-refractivity contribution in [2.45, 2.75) is 13.0 Å². The summed E-state index contributed by atoms with van der Waals surface area (Å²) >= 11 is 0. The summed E-state index contributed by atoms with van der Waals surface area (Å²) in [6.45, 7) is 1.91. The van der Waals surface area contributed by atoms with Crippen LogP contribution in [-0.4, -0.2) is 32.2 Å². The number of hydrogen-bond acceptors (Lipinski definition) is 6. The summed E-state index contributed by atoms with van der Waals surface area (Å²) in [6.07, 6.45) is 0. The van der Waals surface area contributed by atoms with Crippen molar-refractivity contribution in [1.82, 2.24) is 10.3 Å². The number of pyridine rings is 1. The molecule has 1 heterocycles. The summed E-state index contributed by atoms with van der Waals surface area (Å²) in [5.74, 6) is 1.25. The molecule has 0 fully saturated rings. The number of carbonyl (C=O) groups excluding carboxylic acids is 1. The summed E-state index contributed by atoms with van der Waals surface area (Å²) in [5, 5.41) is 12.8. The van der Waals surface area contributed by atoms with E-state index < -0.39 is 0 Å². The fourth-order valence-electron chi connectivity index (χ4n) is 3.94. The smallest absolute Gasteiger partial charge is 0.252 e. The number of para-hydroxylation sites is 1. The van der Waals surface area contributed by atoms with Crippen LogP contribution in [0.3, 0.4) is 0 Å². The minimum Gasteiger partial charge on any atom is -0.493 e. The number of hydrogen-bond donors (Lipinski definition) is 1. The summed E-state index contributed by atoms with van der Waals surface area (Å²) in [7, 11) is 4.66. The quantitative estimate of drug-likeness (QED) is 0.397. The maximum absolute atomic E-state index is 13.4. The van der Waals surface area contributed by atoms with Crippen molar-refractivity contribution in [2.75, 3.05) is 21.3 Å². The average molecular weight is 468 g/mol. The SMILES string of the molecule is COc1cc(-c2cc(C(=O)NC(C)c3ccc(C#N)cc3)c3ccccc3n2)cc(OC)c1OC. The minimum atomic E-state index is -0.258. The highest BCUT2D eigenvalue weighted by Gasteiger charge is 2.19. The van der Waals surface area contributed by atoms with E-state index >= 15 is 0 Å². The lowest BCUT2D eigenvalue weighted by Gasteiger charge is -2.17. The van der Waals surface area contributed by atoms with Crippen LogP contribution in [0.5, 0.6) is 17.2 Å². The third-order valence-corrected chi connectivity index (χ3v) is 5.81. The van der Waals surface area contributed by atoms with E-state index in [0.717, 1.165) is 16.5 Å². The monoisotopic (exact) mass is 467 g/mol. The maximum atomic E-state index is 13.4. The first-order valence-corrected chi connectivity index (χ1v) is 11.0. The Labute approximate surface area is 203 Å². The highest BCUT2D eigenvalue weighted by Crippen LogP contribution is 2.41. The fraction of sp³-hybridized carbons (Fsp3) is 0.179. The lowest BCUT2D eigenvalue weighted by atomic mass is 10.0. The Balaban J connectivity index is 1.76. The molecule has 4 rings (SSSR count). The molecule has 176 valence electrons. The van der Waals surface area contributed by atoms with Gasteiger partial charge in [-0.3, -0.25) is 4.79 Å². The molecular formula is C28H25N3O4. The normalized spacial score (nSPS) is 11.4. The Morgan fingerprint density at radius 3 is 2.20 bits per heavy atom. The van der Waals surface area contributed by atoms with E-state index in [2.05, 4.69) is 11.4 Å². The molecule has 7 heteroatoms. The average Bonchev–Trinajstić information content (AvgIpc) is 2.91. The molecule has 4 aromatic rings. The van der Waals surface area contributed by atoms with E-state index in [-0.39, 0.29) is 11.9 Å². The van der Waals surface area contributed by atoms with Gasteiger partial charge >= 0.3 is 0 Å². The summed E-state index contributed by atoms with van der Waals surface area (Å²) in [4.78, 5) is 18.2. The number of nitriles is 1. The lowest BCUT2D eigenvalue weighted by Crippen LogP contribution is -2.27. The molecule has 1 N–H and O–H groups in total. The van der Waals surface area contributed by atoms with Crippen molar-refractivity contribution in [3.05, 3.63) is 83.4 Å². The first kappa shape index (κ1) is 23.6. The second-order valence-corrected chi connectivity index (χ2v) is 7.92. The zero-order chi connectivity index (χ0) is 24.9. The van der Waals surface area contributed by atoms with E-state index in [9.17, 15) is 4.79 Å². The van der Waals surface area contributed by atoms with Gasteiger partial charge in [-0.05, 0) is 48.9 Å². The van der Waals surface area contributed by atoms with Gasteiger partial charge in [0.05, 0.1) is 55.8 Å². The van der Waals surface area contributed by atoms with E-state index in [1.807, 2.05) is 43.3 Å². The van der Waals surface area contributed by atoms with Gasteiger partial charge in [-0.2, -0.15) is 5.26 Å². The highest BCUT2D eigenvalue weighted by atomic mass is 16.5. The van der Waals surface area contributed by atoms with E-state index in [1.165, 1.54) is 0 Å². The standard InChI is InChI=1S/C28H25N3O4/c1-17(19-11-9-18(16-29)10-12-19)30-28(32)22-15-24(31-23-8-6-5-7-21(22)23)20-13-25(33-2)27(35-4)26(14-20)34-3/h5-15,17H,1-4H3,(H,30,32). The van der Waals surface area contributed by atoms with Gasteiger partial charge in [0.15, 0.2) is 11.5 Å². The van der Waals surface area contributed by atoms with Crippen LogP contribution in [0, 0.1) is 11.3 Å². The molecule has 1 amide bonds. The van der Waals surface area contributed by atoms with Gasteiger partial charge in [0.2, 0.25) is 5.75 Å². The number of amides is 1. The Morgan fingerprint density at radius 1 is 0.943 bits per heavy atom. The van der Waals surface area contributed by atoms with Crippen molar-refractivity contribution in [2.24, 2.45) is 0 Å². The number of nitrogens with zero attached hydrogens (tertiary/aromatic N) is 2. The number of nitrogens with one attached hydrogen (secondary N) is 1. The molecule has 7 nitrogen and oxygen atoms in total. The molecule has 0 saturated heterocycles. The highest BCUT2D eigenvalue weighted by molar-refractivity contribution is 6.07. The van der Waals surface area contributed by atoms with Crippen molar-refractivity contribution in [1.29, 1.82) is 5.26 Å². The maximum Gasteiger partial charge on any atom is 0.252 e. The molecular weight excluding hydrogens is 442 g/mol. The van der Waals surface area contributed by atoms with Crippen LogP contribution < -0.4 is 19.5 Å². The Kier molecular flexibility index (Phi) is 6.83. The predicted molar refractivity (Wildman–Crippen MR) is 134 cm³/mol. The van der Waals surface area contributed by atoms with E-state index in [0.29, 0.717) is 39.6 Å². The van der Waals surface area contributed by atoms with Crippen molar-refractivity contribution >= 4 is 16.8 Å². The Bertz CT molecular complexity index is 1400. The second-order valence-electron chi connectivity index (χ2n) is 7.92. The molecule has 0 bridgehead atoms. The Hall–Kier alpha value is -4.57. The number of fused-ring (bicyclic) bond motifs is 1. The van der Waals surface area contributed by atoms with Crippen molar-refractivity contribution < 1.29 is 19.0 Å². The first-order chi connectivity index (χ1) is 17.0. The number of rotatable bonds is 7. The zero-order valence-electron chi connectivity index (χ0n) is 20.0. The molecule has 0 spiro atoms. The Morgan fingerprint density at radius 2 is 1.60 bits per heavy atom. The molecule has 35 heavy (non-hydrogen) atoms. The number of aromatic nitrogens is 1. The third kappa shape index (κ3) is 4.73. The molecule has 0 radical (unpaired) electrons. The van der Waals surface area contributed by atoms with Gasteiger partial charge in [-0.25, -0.2) is 4.98 Å². The fourth-order valence-corrected chi connectivity index (χ4v) is 3.94. The number of carbonyl (C=O) groups is 1. The summed E-state index contributed by atoms with van der Waals surface area (Å²) in [6, 6.07) is 21.9. The van der Waals surface area contributed by atoms with Gasteiger partial charge in [-0.1, -0.05) is 30.3 Å². The summed E-state index contributed by atoms with van der Waals surface area (Å²) in [5.41, 5.74) is 3.98. The molecule has 1 aromatic heterocycles. The van der Waals surface area contributed by atoms with E-state index in [4.69, 9.17) is 24.5 Å². The number of ether oxygens (including phenoxy) is 3. The van der Waals surface area contributed by atoms with Gasteiger partial charge < -0.3 is 19.5 Å². The van der Waals surface area contributed by atoms with Crippen LogP contribution in [0.1, 0.15) is 34.5 Å². The van der Waals surface area contributed by atoms with Gasteiger partial charge in [0.25, 0.3) is 5.91 Å². The topological polar surface area (TPSA) is 93.5 Å². The van der Waals surface area contributed by atoms with Crippen LogP contribution in [0.2, 0.25) is 0 Å². The van der Waals surface area contributed by atoms with Gasteiger partial charge in [0, 0.05) is 10.9 Å². The van der Waals surface area contributed by atoms with Crippen LogP contribution in [0.4, 0.5) is 0 Å². The third-order valence-electron chi connectivity index (χ3n) is 5.81. The van der Waals surface area contributed by atoms with Crippen molar-refractivity contribution in [3.63, 3.8) is 0 Å². The zero-order valence-corrected chi connectivity index (χ0v) is 20.0. The van der Waals surface area contributed by atoms with Crippen LogP contribution in [-0.2, 0) is 0 Å². The number of benzene rings is 3. The van der Waals surface area contributed by atoms with Crippen molar-refractivity contribution in [3.8, 4) is 34.6 Å². The molecule has 0 saturated carbocycles. The summed E-state index contributed by atoms with van der Waals surface area (Å²) < 4.78 is 16.4. The molecule has 0 aliphatic heterocycles. The first-order valence-electron chi connectivity index (χ1n) is 11.0. The number of methoxy groups -OCH3 is 3. The molecule has 0 aliphatic rings. The minimum absolute atomic E-state index is 0.228. The predicted octanol–water partition coefficient (Wildman–Crippen LogP) is 5.29. The molecule has 0 aliphatic carbocycles. The second kappa shape index (κ2) is 10.1. The van der Waals surface area contributed by atoms with Crippen LogP contribution in [0.25, 0.3) is 22.2 Å². The lowest BCUT2D eigenvalue weighted by molar-refractivity contribution is 0.0941. The van der Waals surface area contributed by atoms with Gasteiger partial charge in [-0.15, -0.1) is 0 Å². The molecule has 1 unspecified atom stereocenters. The van der Waals surface area contributed by atoms with E-state index in [1.54, 1.807) is 51.7 Å². The van der Waals surface area contributed by atoms with Crippen LogP contribution in [0.15, 0.2) is 66.7 Å². The molecule has 3 aromatic carbocycles. The molecule has 1 atom stereocenters.